The lowest BCUT2D eigenvalue weighted by atomic mass is 10.4. The van der Waals surface area contributed by atoms with E-state index in [1.807, 2.05) is 0 Å². The lowest BCUT2D eigenvalue weighted by molar-refractivity contribution is 0.499. The van der Waals surface area contributed by atoms with Crippen molar-refractivity contribution in [3.8, 4) is 0 Å². The van der Waals surface area contributed by atoms with Gasteiger partial charge in [0.1, 0.15) is 0 Å². The van der Waals surface area contributed by atoms with Crippen molar-refractivity contribution < 1.29 is 8.42 Å². The number of hydrogen-bond acceptors (Lipinski definition) is 2. The van der Waals surface area contributed by atoms with Gasteiger partial charge in [-0.1, -0.05) is 17.7 Å². The molecule has 0 atom stereocenters. The third kappa shape index (κ3) is 2.85. The molecule has 3 nitrogen and oxygen atoms in total. The highest BCUT2D eigenvalue weighted by molar-refractivity contribution is 9.10. The van der Waals surface area contributed by atoms with Crippen molar-refractivity contribution >= 4 is 37.6 Å². The van der Waals surface area contributed by atoms with Crippen molar-refractivity contribution in [2.45, 2.75) is 4.90 Å². The van der Waals surface area contributed by atoms with Crippen LogP contribution in [0.25, 0.3) is 0 Å². The van der Waals surface area contributed by atoms with Gasteiger partial charge in [0.15, 0.2) is 0 Å². The molecule has 1 aromatic rings. The highest BCUT2D eigenvalue weighted by atomic mass is 79.9. The smallest absolute Gasteiger partial charge is 0.207 e. The van der Waals surface area contributed by atoms with E-state index in [1.165, 1.54) is 29.6 Å². The first-order chi connectivity index (χ1) is 7.39. The molecule has 1 aromatic carbocycles. The molecule has 0 unspecified atom stereocenters. The number of likely N-dealkylation sites (N-methyl/N-ethyl adjacent to an activating group) is 1. The van der Waals surface area contributed by atoms with Gasteiger partial charge in [-0.25, -0.2) is 8.42 Å². The zero-order valence-corrected chi connectivity index (χ0v) is 11.8. The van der Waals surface area contributed by atoms with Gasteiger partial charge in [0, 0.05) is 18.1 Å². The number of rotatable bonds is 4. The molecule has 0 bridgehead atoms. The van der Waals surface area contributed by atoms with Crippen molar-refractivity contribution in [3.05, 3.63) is 40.3 Å². The fourth-order valence-corrected chi connectivity index (χ4v) is 2.91. The van der Waals surface area contributed by atoms with Crippen LogP contribution in [-0.2, 0) is 10.0 Å². The summed E-state index contributed by atoms with van der Waals surface area (Å²) in [5.41, 5.74) is 0. The quantitative estimate of drug-likeness (QED) is 0.799. The lowest BCUT2D eigenvalue weighted by Gasteiger charge is -2.15. The molecule has 0 saturated carbocycles. The monoisotopic (exact) mass is 323 g/mol. The molecule has 0 amide bonds. The summed E-state index contributed by atoms with van der Waals surface area (Å²) in [6.45, 7) is 3.77. The van der Waals surface area contributed by atoms with E-state index in [2.05, 4.69) is 22.5 Å². The van der Waals surface area contributed by atoms with E-state index >= 15 is 0 Å². The van der Waals surface area contributed by atoms with Gasteiger partial charge >= 0.3 is 0 Å². The topological polar surface area (TPSA) is 37.4 Å². The summed E-state index contributed by atoms with van der Waals surface area (Å²) >= 11 is 8.99. The van der Waals surface area contributed by atoms with Crippen molar-refractivity contribution in [3.63, 3.8) is 0 Å². The molecule has 0 aliphatic carbocycles. The number of sulfonamides is 1. The zero-order valence-electron chi connectivity index (χ0n) is 8.65. The van der Waals surface area contributed by atoms with E-state index < -0.39 is 10.0 Å². The normalized spacial score (nSPS) is 11.8. The van der Waals surface area contributed by atoms with Crippen LogP contribution in [0, 0.1) is 0 Å². The maximum absolute atomic E-state index is 12.0. The molecule has 0 aliphatic rings. The summed E-state index contributed by atoms with van der Waals surface area (Å²) in [6.07, 6.45) is 1.53. The Kier molecular flexibility index (Phi) is 4.55. The Labute approximate surface area is 109 Å². The molecule has 0 aromatic heterocycles. The summed E-state index contributed by atoms with van der Waals surface area (Å²) in [7, 11) is -1.97. The fraction of sp³-hybridized carbons (Fsp3) is 0.200. The minimum atomic E-state index is -3.47. The van der Waals surface area contributed by atoms with Crippen molar-refractivity contribution in [1.82, 2.24) is 4.31 Å². The Bertz CT molecular complexity index is 502. The average Bonchev–Trinajstić information content (AvgIpc) is 2.22. The van der Waals surface area contributed by atoms with Crippen LogP contribution >= 0.6 is 27.5 Å². The van der Waals surface area contributed by atoms with Gasteiger partial charge < -0.3 is 0 Å². The number of halogens is 2. The molecule has 0 N–H and O–H groups in total. The molecule has 0 fully saturated rings. The van der Waals surface area contributed by atoms with E-state index in [9.17, 15) is 8.42 Å². The van der Waals surface area contributed by atoms with E-state index in [0.29, 0.717) is 9.50 Å². The van der Waals surface area contributed by atoms with Crippen molar-refractivity contribution in [1.29, 1.82) is 0 Å². The molecule has 6 heteroatoms. The molecule has 16 heavy (non-hydrogen) atoms. The maximum atomic E-state index is 12.0. The molecule has 0 radical (unpaired) electrons. The number of hydrogen-bond donors (Lipinski definition) is 0. The minimum Gasteiger partial charge on any atom is -0.207 e. The Morgan fingerprint density at radius 2 is 2.19 bits per heavy atom. The van der Waals surface area contributed by atoms with Crippen LogP contribution in [0.1, 0.15) is 0 Å². The molecule has 1 rings (SSSR count). The largest absolute Gasteiger partial charge is 0.243 e. The van der Waals surface area contributed by atoms with Gasteiger partial charge in [-0.2, -0.15) is 4.31 Å². The summed E-state index contributed by atoms with van der Waals surface area (Å²) in [5, 5.41) is 0.477. The summed E-state index contributed by atoms with van der Waals surface area (Å²) in [4.78, 5) is 0.202. The molecule has 88 valence electrons. The van der Waals surface area contributed by atoms with Crippen LogP contribution in [0.5, 0.6) is 0 Å². The van der Waals surface area contributed by atoms with Crippen LogP contribution in [0.2, 0.25) is 5.02 Å². The van der Waals surface area contributed by atoms with Gasteiger partial charge in [0.05, 0.1) is 9.92 Å². The van der Waals surface area contributed by atoms with E-state index in [0.717, 1.165) is 0 Å². The zero-order chi connectivity index (χ0) is 12.3. The van der Waals surface area contributed by atoms with Gasteiger partial charge in [-0.3, -0.25) is 0 Å². The van der Waals surface area contributed by atoms with E-state index in [1.54, 1.807) is 6.07 Å². The van der Waals surface area contributed by atoms with Crippen LogP contribution in [-0.4, -0.2) is 26.3 Å². The summed E-state index contributed by atoms with van der Waals surface area (Å²) < 4.78 is 25.8. The Morgan fingerprint density at radius 1 is 1.56 bits per heavy atom. The van der Waals surface area contributed by atoms with Gasteiger partial charge in [0.25, 0.3) is 0 Å². The summed E-state index contributed by atoms with van der Waals surface area (Å²) in [6, 6.07) is 4.50. The van der Waals surface area contributed by atoms with E-state index in [4.69, 9.17) is 11.6 Å². The summed E-state index contributed by atoms with van der Waals surface area (Å²) in [5.74, 6) is 0. The lowest BCUT2D eigenvalue weighted by Crippen LogP contribution is -2.26. The predicted molar refractivity (Wildman–Crippen MR) is 69.2 cm³/mol. The van der Waals surface area contributed by atoms with Gasteiger partial charge in [-0.15, -0.1) is 6.58 Å². The second-order valence-corrected chi connectivity index (χ2v) is 6.46. The van der Waals surface area contributed by atoms with Gasteiger partial charge in [-0.05, 0) is 34.1 Å². The Morgan fingerprint density at radius 3 is 2.69 bits per heavy atom. The highest BCUT2D eigenvalue weighted by Gasteiger charge is 2.20. The van der Waals surface area contributed by atoms with Crippen LogP contribution < -0.4 is 0 Å². The minimum absolute atomic E-state index is 0.202. The first kappa shape index (κ1) is 13.7. The molecule has 0 spiro atoms. The Balaban J connectivity index is 3.17. The molecule has 0 aliphatic heterocycles. The van der Waals surface area contributed by atoms with E-state index in [-0.39, 0.29) is 11.4 Å². The second kappa shape index (κ2) is 5.31. The van der Waals surface area contributed by atoms with Crippen LogP contribution in [0.3, 0.4) is 0 Å². The molecular weight excluding hydrogens is 314 g/mol. The molecular formula is C10H11BrClNO2S. The first-order valence-corrected chi connectivity index (χ1v) is 7.03. The highest BCUT2D eigenvalue weighted by Crippen LogP contribution is 2.26. The van der Waals surface area contributed by atoms with Crippen molar-refractivity contribution in [2.75, 3.05) is 13.6 Å². The van der Waals surface area contributed by atoms with Crippen LogP contribution in [0.15, 0.2) is 40.2 Å². The standard InChI is InChI=1S/C10H11BrClNO2S/c1-3-6-13(2)16(14,15)8-4-5-10(12)9(11)7-8/h3-5,7H,1,6H2,2H3. The maximum Gasteiger partial charge on any atom is 0.243 e. The first-order valence-electron chi connectivity index (χ1n) is 4.42. The second-order valence-electron chi connectivity index (χ2n) is 3.15. The average molecular weight is 325 g/mol. The van der Waals surface area contributed by atoms with Crippen LogP contribution in [0.4, 0.5) is 0 Å². The van der Waals surface area contributed by atoms with Crippen molar-refractivity contribution in [2.24, 2.45) is 0 Å². The SMILES string of the molecule is C=CCN(C)S(=O)(=O)c1ccc(Cl)c(Br)c1. The third-order valence-electron chi connectivity index (χ3n) is 1.99. The molecule has 0 heterocycles. The Hall–Kier alpha value is -0.360. The van der Waals surface area contributed by atoms with Gasteiger partial charge in [0.2, 0.25) is 10.0 Å². The third-order valence-corrected chi connectivity index (χ3v) is 5.02. The predicted octanol–water partition coefficient (Wildman–Crippen LogP) is 2.91. The molecule has 0 saturated heterocycles. The number of benzene rings is 1. The number of nitrogens with zero attached hydrogens (tertiary/aromatic N) is 1. The fourth-order valence-electron chi connectivity index (χ4n) is 1.10.